The highest BCUT2D eigenvalue weighted by atomic mass is 16.3. The molecular weight excluding hydrogens is 192 g/mol. The van der Waals surface area contributed by atoms with Crippen molar-refractivity contribution < 1.29 is 5.11 Å². The molecule has 84 valence electrons. The molecule has 1 aromatic heterocycles. The Hall–Kier alpha value is -0.970. The molecule has 15 heavy (non-hydrogen) atoms. The van der Waals surface area contributed by atoms with Crippen molar-refractivity contribution in [2.75, 3.05) is 6.61 Å². The van der Waals surface area contributed by atoms with Crippen LogP contribution in [0, 0.1) is 0 Å². The second-order valence-electron chi connectivity index (χ2n) is 5.37. The lowest BCUT2D eigenvalue weighted by molar-refractivity contribution is 0.111. The Labute approximate surface area is 89.5 Å². The van der Waals surface area contributed by atoms with E-state index in [1.54, 1.807) is 4.80 Å². The van der Waals surface area contributed by atoms with Crippen LogP contribution in [0.15, 0.2) is 0 Å². The van der Waals surface area contributed by atoms with Crippen LogP contribution in [0.5, 0.6) is 0 Å². The number of hydrogen-bond acceptors (Lipinski definition) is 4. The van der Waals surface area contributed by atoms with Gasteiger partial charge in [-0.15, -0.1) is 10.2 Å². The standard InChI is InChI=1S/C10H18N4O/c1-9(2,3)14-12-8(11-13-14)10(7-15)5-4-6-10/h15H,4-7H2,1-3H3. The third-order valence-electron chi connectivity index (χ3n) is 3.10. The summed E-state index contributed by atoms with van der Waals surface area (Å²) in [7, 11) is 0. The summed E-state index contributed by atoms with van der Waals surface area (Å²) in [5.74, 6) is 0.700. The first-order chi connectivity index (χ1) is 6.98. The topological polar surface area (TPSA) is 63.8 Å². The van der Waals surface area contributed by atoms with Gasteiger partial charge in [-0.05, 0) is 38.8 Å². The summed E-state index contributed by atoms with van der Waals surface area (Å²) in [4.78, 5) is 1.62. The molecule has 0 atom stereocenters. The van der Waals surface area contributed by atoms with E-state index in [-0.39, 0.29) is 17.6 Å². The number of aliphatic hydroxyl groups is 1. The zero-order valence-electron chi connectivity index (χ0n) is 9.56. The van der Waals surface area contributed by atoms with Crippen LogP contribution in [0.2, 0.25) is 0 Å². The van der Waals surface area contributed by atoms with E-state index in [2.05, 4.69) is 15.4 Å². The molecule has 5 nitrogen and oxygen atoms in total. The number of hydrogen-bond donors (Lipinski definition) is 1. The smallest absolute Gasteiger partial charge is 0.183 e. The lowest BCUT2D eigenvalue weighted by Gasteiger charge is -2.36. The van der Waals surface area contributed by atoms with Gasteiger partial charge in [0.2, 0.25) is 0 Å². The molecule has 1 saturated carbocycles. The Balaban J connectivity index is 2.27. The molecule has 0 saturated heterocycles. The predicted octanol–water partition coefficient (Wildman–Crippen LogP) is 0.842. The van der Waals surface area contributed by atoms with E-state index in [0.717, 1.165) is 19.3 Å². The zero-order valence-corrected chi connectivity index (χ0v) is 9.56. The first-order valence-corrected chi connectivity index (χ1v) is 5.40. The van der Waals surface area contributed by atoms with Gasteiger partial charge in [-0.25, -0.2) is 0 Å². The van der Waals surface area contributed by atoms with Gasteiger partial charge in [0.1, 0.15) is 0 Å². The highest BCUT2D eigenvalue weighted by molar-refractivity contribution is 5.10. The van der Waals surface area contributed by atoms with Crippen molar-refractivity contribution in [1.82, 2.24) is 20.2 Å². The van der Waals surface area contributed by atoms with Gasteiger partial charge in [-0.3, -0.25) is 0 Å². The molecule has 1 aliphatic rings. The molecule has 1 aliphatic carbocycles. The number of rotatable bonds is 2. The van der Waals surface area contributed by atoms with E-state index in [0.29, 0.717) is 5.82 Å². The second kappa shape index (κ2) is 3.27. The Kier molecular flexibility index (Phi) is 2.30. The van der Waals surface area contributed by atoms with E-state index in [1.807, 2.05) is 20.8 Å². The Morgan fingerprint density at radius 3 is 2.40 bits per heavy atom. The van der Waals surface area contributed by atoms with Crippen molar-refractivity contribution in [1.29, 1.82) is 0 Å². The fraction of sp³-hybridized carbons (Fsp3) is 0.900. The number of aliphatic hydroxyl groups excluding tert-OH is 1. The number of tetrazole rings is 1. The second-order valence-corrected chi connectivity index (χ2v) is 5.37. The van der Waals surface area contributed by atoms with E-state index >= 15 is 0 Å². The molecule has 0 unspecified atom stereocenters. The van der Waals surface area contributed by atoms with Gasteiger partial charge < -0.3 is 5.11 Å². The molecule has 0 aromatic carbocycles. The molecule has 1 aromatic rings. The van der Waals surface area contributed by atoms with Crippen molar-refractivity contribution in [3.63, 3.8) is 0 Å². The fourth-order valence-electron chi connectivity index (χ4n) is 1.77. The maximum absolute atomic E-state index is 9.38. The summed E-state index contributed by atoms with van der Waals surface area (Å²) in [6, 6.07) is 0. The highest BCUT2D eigenvalue weighted by Crippen LogP contribution is 2.41. The lowest BCUT2D eigenvalue weighted by atomic mass is 9.69. The zero-order chi connectivity index (χ0) is 11.1. The van der Waals surface area contributed by atoms with Crippen LogP contribution in [0.1, 0.15) is 45.9 Å². The first kappa shape index (κ1) is 10.5. The van der Waals surface area contributed by atoms with Crippen LogP contribution in [-0.2, 0) is 11.0 Å². The van der Waals surface area contributed by atoms with Crippen molar-refractivity contribution in [2.45, 2.75) is 51.0 Å². The van der Waals surface area contributed by atoms with Crippen molar-refractivity contribution in [3.8, 4) is 0 Å². The van der Waals surface area contributed by atoms with E-state index in [9.17, 15) is 5.11 Å². The quantitative estimate of drug-likeness (QED) is 0.785. The Morgan fingerprint density at radius 2 is 2.07 bits per heavy atom. The molecule has 0 radical (unpaired) electrons. The third kappa shape index (κ3) is 1.65. The lowest BCUT2D eigenvalue weighted by Crippen LogP contribution is -2.39. The van der Waals surface area contributed by atoms with Crippen LogP contribution in [0.3, 0.4) is 0 Å². The van der Waals surface area contributed by atoms with E-state index in [4.69, 9.17) is 0 Å². The van der Waals surface area contributed by atoms with Crippen molar-refractivity contribution in [3.05, 3.63) is 5.82 Å². The minimum Gasteiger partial charge on any atom is -0.395 e. The van der Waals surface area contributed by atoms with Crippen LogP contribution in [-0.4, -0.2) is 31.9 Å². The fourth-order valence-corrected chi connectivity index (χ4v) is 1.77. The van der Waals surface area contributed by atoms with Gasteiger partial charge in [0.25, 0.3) is 0 Å². The molecule has 1 N–H and O–H groups in total. The Bertz CT molecular complexity index is 343. The summed E-state index contributed by atoms with van der Waals surface area (Å²) < 4.78 is 0. The van der Waals surface area contributed by atoms with Crippen LogP contribution >= 0.6 is 0 Å². The average Bonchev–Trinajstić information content (AvgIpc) is 2.51. The van der Waals surface area contributed by atoms with Gasteiger partial charge in [0.05, 0.1) is 17.6 Å². The number of nitrogens with zero attached hydrogens (tertiary/aromatic N) is 4. The van der Waals surface area contributed by atoms with Crippen molar-refractivity contribution >= 4 is 0 Å². The van der Waals surface area contributed by atoms with E-state index < -0.39 is 0 Å². The minimum atomic E-state index is -0.205. The first-order valence-electron chi connectivity index (χ1n) is 5.40. The summed E-state index contributed by atoms with van der Waals surface area (Å²) in [6.07, 6.45) is 3.09. The van der Waals surface area contributed by atoms with Crippen LogP contribution in [0.4, 0.5) is 0 Å². The van der Waals surface area contributed by atoms with Crippen LogP contribution in [0.25, 0.3) is 0 Å². The normalized spacial score (nSPS) is 20.0. The summed E-state index contributed by atoms with van der Waals surface area (Å²) in [5, 5.41) is 21.9. The van der Waals surface area contributed by atoms with Crippen LogP contribution < -0.4 is 0 Å². The SMILES string of the molecule is CC(C)(C)n1nnc(C2(CO)CCC2)n1. The largest absolute Gasteiger partial charge is 0.395 e. The average molecular weight is 210 g/mol. The molecule has 2 rings (SSSR count). The predicted molar refractivity (Wildman–Crippen MR) is 55.4 cm³/mol. The van der Waals surface area contributed by atoms with Crippen molar-refractivity contribution in [2.24, 2.45) is 0 Å². The summed E-state index contributed by atoms with van der Waals surface area (Å²) >= 11 is 0. The molecule has 0 bridgehead atoms. The number of aromatic nitrogens is 4. The van der Waals surface area contributed by atoms with Gasteiger partial charge in [-0.2, -0.15) is 4.80 Å². The molecule has 0 amide bonds. The maximum atomic E-state index is 9.38. The van der Waals surface area contributed by atoms with Gasteiger partial charge in [0.15, 0.2) is 5.82 Å². The molecular formula is C10H18N4O. The maximum Gasteiger partial charge on any atom is 0.183 e. The van der Waals surface area contributed by atoms with Gasteiger partial charge in [-0.1, -0.05) is 6.42 Å². The molecule has 5 heteroatoms. The van der Waals surface area contributed by atoms with Gasteiger partial charge >= 0.3 is 0 Å². The molecule has 0 spiro atoms. The molecule has 1 fully saturated rings. The molecule has 1 heterocycles. The molecule has 0 aliphatic heterocycles. The summed E-state index contributed by atoms with van der Waals surface area (Å²) in [5.41, 5.74) is -0.352. The summed E-state index contributed by atoms with van der Waals surface area (Å²) in [6.45, 7) is 6.23. The van der Waals surface area contributed by atoms with Gasteiger partial charge in [0, 0.05) is 0 Å². The Morgan fingerprint density at radius 1 is 1.40 bits per heavy atom. The van der Waals surface area contributed by atoms with E-state index in [1.165, 1.54) is 0 Å². The monoisotopic (exact) mass is 210 g/mol. The highest BCUT2D eigenvalue weighted by Gasteiger charge is 2.42. The third-order valence-corrected chi connectivity index (χ3v) is 3.10. The minimum absolute atomic E-state index is 0.128.